The fourth-order valence-corrected chi connectivity index (χ4v) is 3.16. The molecule has 4 aromatic rings. The van der Waals surface area contributed by atoms with Crippen molar-refractivity contribution in [3.05, 3.63) is 94.5 Å². The zero-order valence-electron chi connectivity index (χ0n) is 16.2. The summed E-state index contributed by atoms with van der Waals surface area (Å²) < 4.78 is 14.7. The largest absolute Gasteiger partial charge is 0.290 e. The molecule has 0 fully saturated rings. The molecule has 1 aromatic heterocycles. The number of nitrogens with zero attached hydrogens (tertiary/aromatic N) is 3. The van der Waals surface area contributed by atoms with Crippen LogP contribution < -0.4 is 5.56 Å². The molecule has 0 spiro atoms. The van der Waals surface area contributed by atoms with Gasteiger partial charge in [-0.1, -0.05) is 36.4 Å². The van der Waals surface area contributed by atoms with Crippen molar-refractivity contribution >= 4 is 17.0 Å². The molecule has 0 amide bonds. The molecule has 0 saturated heterocycles. The molecule has 0 N–H and O–H groups in total. The Morgan fingerprint density at radius 2 is 1.69 bits per heavy atom. The van der Waals surface area contributed by atoms with Crippen LogP contribution in [0.3, 0.4) is 0 Å². The van der Waals surface area contributed by atoms with Gasteiger partial charge in [0.15, 0.2) is 0 Å². The molecule has 5 heteroatoms. The zero-order chi connectivity index (χ0) is 20.4. The molecule has 0 aliphatic carbocycles. The molecule has 0 bridgehead atoms. The highest BCUT2D eigenvalue weighted by Gasteiger charge is 2.13. The van der Waals surface area contributed by atoms with Crippen molar-refractivity contribution in [1.29, 1.82) is 0 Å². The Hall–Kier alpha value is -3.60. The van der Waals surface area contributed by atoms with Gasteiger partial charge in [-0.05, 0) is 55.8 Å². The fraction of sp³-hybridized carbons (Fsp3) is 0.125. The minimum absolute atomic E-state index is 0.206. The van der Waals surface area contributed by atoms with Crippen LogP contribution in [0.2, 0.25) is 0 Å². The van der Waals surface area contributed by atoms with Gasteiger partial charge in [0.25, 0.3) is 5.56 Å². The van der Waals surface area contributed by atoms with Crippen LogP contribution in [0.15, 0.2) is 82.6 Å². The summed E-state index contributed by atoms with van der Waals surface area (Å²) in [5.41, 5.74) is 2.80. The summed E-state index contributed by atoms with van der Waals surface area (Å²) in [6.45, 7) is 4.04. The molecule has 0 radical (unpaired) electrons. The Morgan fingerprint density at radius 1 is 0.966 bits per heavy atom. The SMILES string of the molecule is CC(C)/N=C\c1cccc(-c2nn(-c3ccc(F)cc3)c(=O)c3ccccc23)c1. The maximum atomic E-state index is 13.4. The summed E-state index contributed by atoms with van der Waals surface area (Å²) in [4.78, 5) is 17.5. The van der Waals surface area contributed by atoms with Crippen LogP contribution in [-0.4, -0.2) is 22.0 Å². The zero-order valence-corrected chi connectivity index (χ0v) is 16.2. The lowest BCUT2D eigenvalue weighted by atomic mass is 10.0. The van der Waals surface area contributed by atoms with E-state index in [4.69, 9.17) is 0 Å². The predicted molar refractivity (Wildman–Crippen MR) is 115 cm³/mol. The minimum Gasteiger partial charge on any atom is -0.290 e. The number of hydrogen-bond acceptors (Lipinski definition) is 3. The summed E-state index contributed by atoms with van der Waals surface area (Å²) >= 11 is 0. The van der Waals surface area contributed by atoms with E-state index in [-0.39, 0.29) is 17.4 Å². The Bertz CT molecular complexity index is 1260. The molecule has 144 valence electrons. The van der Waals surface area contributed by atoms with Crippen LogP contribution in [0.5, 0.6) is 0 Å². The van der Waals surface area contributed by atoms with E-state index in [1.165, 1.54) is 16.8 Å². The molecule has 3 aromatic carbocycles. The van der Waals surface area contributed by atoms with E-state index >= 15 is 0 Å². The number of aliphatic imine (C=N–C) groups is 1. The first-order chi connectivity index (χ1) is 14.0. The lowest BCUT2D eigenvalue weighted by molar-refractivity contribution is 0.626. The number of benzene rings is 3. The van der Waals surface area contributed by atoms with Crippen molar-refractivity contribution in [1.82, 2.24) is 9.78 Å². The molecule has 0 aliphatic heterocycles. The summed E-state index contributed by atoms with van der Waals surface area (Å²) in [7, 11) is 0. The predicted octanol–water partition coefficient (Wildman–Crippen LogP) is 5.02. The van der Waals surface area contributed by atoms with Crippen LogP contribution in [0.25, 0.3) is 27.7 Å². The lowest BCUT2D eigenvalue weighted by Gasteiger charge is -2.12. The number of hydrogen-bond donors (Lipinski definition) is 0. The Labute approximate surface area is 168 Å². The normalized spacial score (nSPS) is 11.6. The van der Waals surface area contributed by atoms with E-state index in [2.05, 4.69) is 10.1 Å². The first-order valence-corrected chi connectivity index (χ1v) is 9.44. The van der Waals surface area contributed by atoms with Crippen LogP contribution in [0.4, 0.5) is 4.39 Å². The smallest absolute Gasteiger partial charge is 0.279 e. The van der Waals surface area contributed by atoms with Gasteiger partial charge in [0.05, 0.1) is 16.8 Å². The van der Waals surface area contributed by atoms with Gasteiger partial charge >= 0.3 is 0 Å². The van der Waals surface area contributed by atoms with Crippen molar-refractivity contribution in [2.24, 2.45) is 4.99 Å². The third-order valence-corrected chi connectivity index (χ3v) is 4.56. The van der Waals surface area contributed by atoms with Crippen LogP contribution >= 0.6 is 0 Å². The van der Waals surface area contributed by atoms with Gasteiger partial charge in [-0.15, -0.1) is 0 Å². The molecule has 4 rings (SSSR count). The standard InChI is InChI=1S/C24H20FN3O/c1-16(2)26-15-17-6-5-7-18(14-17)23-21-8-3-4-9-22(21)24(29)28(27-23)20-12-10-19(25)11-13-20/h3-16H,1-2H3/b26-15-. The van der Waals surface area contributed by atoms with E-state index in [9.17, 15) is 9.18 Å². The molecule has 0 unspecified atom stereocenters. The average molecular weight is 385 g/mol. The van der Waals surface area contributed by atoms with E-state index in [1.807, 2.05) is 62.5 Å². The highest BCUT2D eigenvalue weighted by Crippen LogP contribution is 2.26. The first kappa shape index (κ1) is 18.7. The molecule has 0 atom stereocenters. The highest BCUT2D eigenvalue weighted by molar-refractivity contribution is 5.95. The molecule has 0 saturated carbocycles. The first-order valence-electron chi connectivity index (χ1n) is 9.44. The lowest BCUT2D eigenvalue weighted by Crippen LogP contribution is -2.22. The van der Waals surface area contributed by atoms with Crippen LogP contribution in [0.1, 0.15) is 19.4 Å². The number of halogens is 1. The second kappa shape index (κ2) is 7.80. The number of rotatable bonds is 4. The van der Waals surface area contributed by atoms with Crippen molar-refractivity contribution in [2.45, 2.75) is 19.9 Å². The maximum Gasteiger partial charge on any atom is 0.279 e. The summed E-state index contributed by atoms with van der Waals surface area (Å²) in [5.74, 6) is -0.361. The summed E-state index contributed by atoms with van der Waals surface area (Å²) in [6, 6.07) is 21.2. The second-order valence-corrected chi connectivity index (χ2v) is 7.08. The van der Waals surface area contributed by atoms with Crippen LogP contribution in [-0.2, 0) is 0 Å². The van der Waals surface area contributed by atoms with Gasteiger partial charge in [0.1, 0.15) is 5.82 Å². The van der Waals surface area contributed by atoms with Gasteiger partial charge in [0, 0.05) is 23.2 Å². The third-order valence-electron chi connectivity index (χ3n) is 4.56. The van der Waals surface area contributed by atoms with Crippen molar-refractivity contribution in [2.75, 3.05) is 0 Å². The summed E-state index contributed by atoms with van der Waals surface area (Å²) in [5, 5.41) is 5.97. The van der Waals surface area contributed by atoms with E-state index < -0.39 is 0 Å². The molecule has 0 aliphatic rings. The molecular weight excluding hydrogens is 365 g/mol. The number of aromatic nitrogens is 2. The van der Waals surface area contributed by atoms with Gasteiger partial charge in [-0.3, -0.25) is 9.79 Å². The Balaban J connectivity index is 1.95. The topological polar surface area (TPSA) is 47.2 Å². The second-order valence-electron chi connectivity index (χ2n) is 7.08. The Kier molecular flexibility index (Phi) is 5.04. The van der Waals surface area contributed by atoms with Gasteiger partial charge < -0.3 is 0 Å². The van der Waals surface area contributed by atoms with E-state index in [1.54, 1.807) is 18.2 Å². The molecule has 4 nitrogen and oxygen atoms in total. The quantitative estimate of drug-likeness (QED) is 0.463. The number of fused-ring (bicyclic) bond motifs is 1. The van der Waals surface area contributed by atoms with Crippen molar-refractivity contribution in [3.8, 4) is 16.9 Å². The third kappa shape index (κ3) is 3.85. The van der Waals surface area contributed by atoms with Crippen LogP contribution in [0, 0.1) is 5.82 Å². The van der Waals surface area contributed by atoms with E-state index in [0.29, 0.717) is 16.8 Å². The average Bonchev–Trinajstić information content (AvgIpc) is 2.74. The van der Waals surface area contributed by atoms with Crippen molar-refractivity contribution < 1.29 is 4.39 Å². The molecule has 1 heterocycles. The maximum absolute atomic E-state index is 13.4. The minimum atomic E-state index is -0.361. The summed E-state index contributed by atoms with van der Waals surface area (Å²) in [6.07, 6.45) is 1.84. The Morgan fingerprint density at radius 3 is 2.41 bits per heavy atom. The highest BCUT2D eigenvalue weighted by atomic mass is 19.1. The van der Waals surface area contributed by atoms with Gasteiger partial charge in [-0.2, -0.15) is 9.78 Å². The molecule has 29 heavy (non-hydrogen) atoms. The van der Waals surface area contributed by atoms with E-state index in [0.717, 1.165) is 16.5 Å². The van der Waals surface area contributed by atoms with Crippen molar-refractivity contribution in [3.63, 3.8) is 0 Å². The monoisotopic (exact) mass is 385 g/mol. The van der Waals surface area contributed by atoms with Gasteiger partial charge in [0.2, 0.25) is 0 Å². The van der Waals surface area contributed by atoms with Gasteiger partial charge in [-0.25, -0.2) is 4.39 Å². The molecular formula is C24H20FN3O. The fourth-order valence-electron chi connectivity index (χ4n) is 3.16.